The van der Waals surface area contributed by atoms with Crippen molar-refractivity contribution in [2.45, 2.75) is 32.3 Å². The Kier molecular flexibility index (Phi) is 5.31. The van der Waals surface area contributed by atoms with Crippen LogP contribution in [0.25, 0.3) is 11.1 Å². The van der Waals surface area contributed by atoms with Crippen LogP contribution < -0.4 is 9.47 Å². The fourth-order valence-electron chi connectivity index (χ4n) is 3.35. The van der Waals surface area contributed by atoms with Crippen molar-refractivity contribution in [2.24, 2.45) is 0 Å². The number of aliphatic hydroxyl groups is 1. The van der Waals surface area contributed by atoms with Crippen molar-refractivity contribution >= 4 is 0 Å². The maximum absolute atomic E-state index is 12.4. The molecular weight excluding hydrogens is 399 g/mol. The minimum absolute atomic E-state index is 0.208. The first-order chi connectivity index (χ1) is 14.3. The van der Waals surface area contributed by atoms with Gasteiger partial charge in [-0.15, -0.1) is 13.2 Å². The third kappa shape index (κ3) is 4.37. The summed E-state index contributed by atoms with van der Waals surface area (Å²) in [4.78, 5) is 10.1. The van der Waals surface area contributed by atoms with Gasteiger partial charge in [0.25, 0.3) is 6.41 Å². The molecule has 4 rings (SSSR count). The van der Waals surface area contributed by atoms with Crippen LogP contribution in [0.2, 0.25) is 0 Å². The number of ether oxygens (including phenoxy) is 2. The van der Waals surface area contributed by atoms with Gasteiger partial charge in [0.05, 0.1) is 6.54 Å². The summed E-state index contributed by atoms with van der Waals surface area (Å²) in [6, 6.07) is 12.6. The lowest BCUT2D eigenvalue weighted by Gasteiger charge is -2.38. The van der Waals surface area contributed by atoms with Crippen LogP contribution in [0, 0.1) is 0 Å². The molecule has 2 unspecified atom stereocenters. The van der Waals surface area contributed by atoms with E-state index in [9.17, 15) is 18.3 Å². The number of hydrogen-bond donors (Lipinski definition) is 1. The first-order valence-corrected chi connectivity index (χ1v) is 9.17. The molecule has 0 bridgehead atoms. The lowest BCUT2D eigenvalue weighted by Crippen LogP contribution is -2.44. The average molecular weight is 417 g/mol. The summed E-state index contributed by atoms with van der Waals surface area (Å²) in [5.41, 5.74) is 2.36. The van der Waals surface area contributed by atoms with Crippen LogP contribution in [0.4, 0.5) is 13.2 Å². The number of aromatic nitrogens is 2. The van der Waals surface area contributed by atoms with Gasteiger partial charge in [0.2, 0.25) is 0 Å². The second kappa shape index (κ2) is 7.92. The fraction of sp³-hybridized carbons (Fsp3) is 0.238. The maximum atomic E-state index is 12.4. The summed E-state index contributed by atoms with van der Waals surface area (Å²) in [7, 11) is 0. The summed E-state index contributed by atoms with van der Waals surface area (Å²) >= 11 is 0. The molecule has 9 heteroatoms. The zero-order valence-electron chi connectivity index (χ0n) is 15.9. The Morgan fingerprint density at radius 1 is 1.07 bits per heavy atom. The van der Waals surface area contributed by atoms with E-state index in [4.69, 9.17) is 4.74 Å². The molecule has 0 amide bonds. The molecule has 156 valence electrons. The second-order valence-electron chi connectivity index (χ2n) is 6.78. The van der Waals surface area contributed by atoms with E-state index in [1.54, 1.807) is 47.6 Å². The Balaban J connectivity index is 1.58. The molecule has 6 nitrogen and oxygen atoms in total. The van der Waals surface area contributed by atoms with Gasteiger partial charge in [-0.2, -0.15) is 0 Å². The lowest BCUT2D eigenvalue weighted by atomic mass is 9.97. The smallest absolute Gasteiger partial charge is 0.451 e. The van der Waals surface area contributed by atoms with Gasteiger partial charge in [-0.3, -0.25) is 0 Å². The quantitative estimate of drug-likeness (QED) is 0.684. The standard InChI is InChI=1S/C21H18F3N3O3/c1-13-17-11-15(14-3-6-16(7-4-14)30-21(22,23)24)5-8-18(17)29-20(28)27(13)12-19-25-9-2-10-26-19/h2-11,13,20,28H,12H2,1H3. The number of aliphatic hydroxyl groups excluding tert-OH is 1. The van der Waals surface area contributed by atoms with E-state index in [0.717, 1.165) is 16.7 Å². The predicted octanol–water partition coefficient (Wildman–Crippen LogP) is 4.27. The minimum Gasteiger partial charge on any atom is -0.451 e. The van der Waals surface area contributed by atoms with Crippen molar-refractivity contribution in [1.29, 1.82) is 0 Å². The first-order valence-electron chi connectivity index (χ1n) is 9.17. The summed E-state index contributed by atoms with van der Waals surface area (Å²) in [6.45, 7) is 2.22. The van der Waals surface area contributed by atoms with Crippen molar-refractivity contribution in [2.75, 3.05) is 0 Å². The van der Waals surface area contributed by atoms with E-state index < -0.39 is 12.8 Å². The van der Waals surface area contributed by atoms with Gasteiger partial charge in [0.15, 0.2) is 0 Å². The van der Waals surface area contributed by atoms with Gasteiger partial charge in [0, 0.05) is 24.0 Å². The van der Waals surface area contributed by atoms with Crippen LogP contribution in [0.5, 0.6) is 11.5 Å². The van der Waals surface area contributed by atoms with Crippen molar-refractivity contribution < 1.29 is 27.8 Å². The molecule has 0 saturated carbocycles. The molecule has 3 aromatic rings. The monoisotopic (exact) mass is 417 g/mol. The van der Waals surface area contributed by atoms with Crippen molar-refractivity contribution in [1.82, 2.24) is 14.9 Å². The van der Waals surface area contributed by atoms with Crippen molar-refractivity contribution in [3.8, 4) is 22.6 Å². The molecule has 1 aromatic heterocycles. The van der Waals surface area contributed by atoms with Crippen LogP contribution in [-0.4, -0.2) is 32.8 Å². The molecular formula is C21H18F3N3O3. The number of hydrogen-bond acceptors (Lipinski definition) is 6. The summed E-state index contributed by atoms with van der Waals surface area (Å²) in [6.07, 6.45) is -2.63. The normalized spacial score (nSPS) is 19.1. The minimum atomic E-state index is -4.73. The summed E-state index contributed by atoms with van der Waals surface area (Å²) < 4.78 is 46.6. The van der Waals surface area contributed by atoms with E-state index in [2.05, 4.69) is 14.7 Å². The van der Waals surface area contributed by atoms with Gasteiger partial charge < -0.3 is 14.6 Å². The van der Waals surface area contributed by atoms with E-state index in [1.807, 2.05) is 13.0 Å². The van der Waals surface area contributed by atoms with Crippen LogP contribution in [0.15, 0.2) is 60.9 Å². The molecule has 0 aliphatic carbocycles. The first kappa shape index (κ1) is 20.1. The lowest BCUT2D eigenvalue weighted by molar-refractivity contribution is -0.274. The highest BCUT2D eigenvalue weighted by molar-refractivity contribution is 5.67. The molecule has 0 radical (unpaired) electrons. The van der Waals surface area contributed by atoms with Crippen LogP contribution >= 0.6 is 0 Å². The molecule has 30 heavy (non-hydrogen) atoms. The van der Waals surface area contributed by atoms with Gasteiger partial charge in [-0.25, -0.2) is 14.9 Å². The zero-order valence-corrected chi connectivity index (χ0v) is 15.9. The highest BCUT2D eigenvalue weighted by Gasteiger charge is 2.33. The second-order valence-corrected chi connectivity index (χ2v) is 6.78. The Hall–Kier alpha value is -3.17. The van der Waals surface area contributed by atoms with Crippen LogP contribution in [0.1, 0.15) is 24.4 Å². The molecule has 2 heterocycles. The number of benzene rings is 2. The van der Waals surface area contributed by atoms with Crippen molar-refractivity contribution in [3.63, 3.8) is 0 Å². The molecule has 2 atom stereocenters. The maximum Gasteiger partial charge on any atom is 0.573 e. The molecule has 1 aliphatic rings. The molecule has 2 aromatic carbocycles. The molecule has 1 N–H and O–H groups in total. The topological polar surface area (TPSA) is 67.7 Å². The number of halogens is 3. The Morgan fingerprint density at radius 2 is 1.73 bits per heavy atom. The van der Waals surface area contributed by atoms with E-state index in [-0.39, 0.29) is 18.3 Å². The Morgan fingerprint density at radius 3 is 2.40 bits per heavy atom. The average Bonchev–Trinajstić information content (AvgIpc) is 2.71. The highest BCUT2D eigenvalue weighted by atomic mass is 19.4. The number of fused-ring (bicyclic) bond motifs is 1. The highest BCUT2D eigenvalue weighted by Crippen LogP contribution is 2.39. The molecule has 1 aliphatic heterocycles. The molecule has 0 saturated heterocycles. The predicted molar refractivity (Wildman–Crippen MR) is 101 cm³/mol. The summed E-state index contributed by atoms with van der Waals surface area (Å²) in [5.74, 6) is 0.811. The Bertz CT molecular complexity index is 1010. The fourth-order valence-corrected chi connectivity index (χ4v) is 3.35. The van der Waals surface area contributed by atoms with E-state index in [0.29, 0.717) is 11.6 Å². The molecule has 0 spiro atoms. The Labute approximate surface area is 170 Å². The van der Waals surface area contributed by atoms with Crippen LogP contribution in [0.3, 0.4) is 0 Å². The SMILES string of the molecule is CC1c2cc(-c3ccc(OC(F)(F)F)cc3)ccc2OC(O)N1Cc1ncccn1. The number of rotatable bonds is 4. The molecule has 0 fully saturated rings. The largest absolute Gasteiger partial charge is 0.573 e. The van der Waals surface area contributed by atoms with Gasteiger partial charge in [-0.05, 0) is 48.4 Å². The number of nitrogens with zero attached hydrogens (tertiary/aromatic N) is 3. The van der Waals surface area contributed by atoms with Crippen molar-refractivity contribution in [3.05, 3.63) is 72.3 Å². The van der Waals surface area contributed by atoms with E-state index in [1.165, 1.54) is 12.1 Å². The van der Waals surface area contributed by atoms with E-state index >= 15 is 0 Å². The summed E-state index contributed by atoms with van der Waals surface area (Å²) in [5, 5.41) is 10.4. The van der Waals surface area contributed by atoms with Gasteiger partial charge in [0.1, 0.15) is 17.3 Å². The third-order valence-electron chi connectivity index (χ3n) is 4.84. The number of alkyl halides is 3. The van der Waals surface area contributed by atoms with Gasteiger partial charge >= 0.3 is 6.36 Å². The third-order valence-corrected chi connectivity index (χ3v) is 4.84. The zero-order chi connectivity index (χ0) is 21.3. The van der Waals surface area contributed by atoms with Crippen LogP contribution in [-0.2, 0) is 6.54 Å². The van der Waals surface area contributed by atoms with Gasteiger partial charge in [-0.1, -0.05) is 18.2 Å².